The van der Waals surface area contributed by atoms with Crippen LogP contribution in [0.15, 0.2) is 48.5 Å². The molecule has 6 nitrogen and oxygen atoms in total. The van der Waals surface area contributed by atoms with Crippen LogP contribution >= 0.6 is 0 Å². The van der Waals surface area contributed by atoms with E-state index in [9.17, 15) is 4.79 Å². The average Bonchev–Trinajstić information content (AvgIpc) is 2.68. The van der Waals surface area contributed by atoms with E-state index in [2.05, 4.69) is 27.7 Å². The monoisotopic (exact) mass is 371 g/mol. The third-order valence-corrected chi connectivity index (χ3v) is 4.51. The molecule has 2 N–H and O–H groups in total. The lowest BCUT2D eigenvalue weighted by atomic mass is 10.1. The first kappa shape index (κ1) is 20.6. The fourth-order valence-corrected chi connectivity index (χ4v) is 2.97. The number of carbonyl (C=O) groups excluding carboxylic acids is 1. The van der Waals surface area contributed by atoms with Crippen LogP contribution in [0.4, 0.5) is 4.79 Å². The van der Waals surface area contributed by atoms with E-state index in [1.165, 1.54) is 0 Å². The molecule has 2 amide bonds. The number of carbonyl (C=O) groups is 1. The largest absolute Gasteiger partial charge is 0.497 e. The van der Waals surface area contributed by atoms with Crippen LogP contribution in [0.25, 0.3) is 0 Å². The van der Waals surface area contributed by atoms with Gasteiger partial charge in [-0.2, -0.15) is 0 Å². The summed E-state index contributed by atoms with van der Waals surface area (Å²) in [6, 6.07) is 15.3. The Kier molecular flexibility index (Phi) is 7.49. The second-order valence-electron chi connectivity index (χ2n) is 6.57. The zero-order valence-electron chi connectivity index (χ0n) is 16.7. The number of methoxy groups -OCH3 is 2. The molecule has 0 aromatic heterocycles. The van der Waals surface area contributed by atoms with Crippen LogP contribution in [0, 0.1) is 0 Å². The summed E-state index contributed by atoms with van der Waals surface area (Å²) in [5.41, 5.74) is 2.02. The van der Waals surface area contributed by atoms with Gasteiger partial charge in [0.1, 0.15) is 11.5 Å². The number of rotatable bonds is 8. The Labute approximate surface area is 161 Å². The van der Waals surface area contributed by atoms with Gasteiger partial charge >= 0.3 is 6.03 Å². The van der Waals surface area contributed by atoms with Crippen LogP contribution in [-0.4, -0.2) is 45.8 Å². The molecule has 0 aliphatic rings. The highest BCUT2D eigenvalue weighted by Gasteiger charge is 2.18. The summed E-state index contributed by atoms with van der Waals surface area (Å²) in [6.45, 7) is 2.42. The molecular weight excluding hydrogens is 342 g/mol. The lowest BCUT2D eigenvalue weighted by molar-refractivity contribution is 0.230. The van der Waals surface area contributed by atoms with Crippen molar-refractivity contribution in [3.05, 3.63) is 59.7 Å². The predicted molar refractivity (Wildman–Crippen MR) is 107 cm³/mol. The number of likely N-dealkylation sites (N-methyl/N-ethyl adjacent to an activating group) is 1. The van der Waals surface area contributed by atoms with Crippen LogP contribution < -0.4 is 20.1 Å². The summed E-state index contributed by atoms with van der Waals surface area (Å²) in [6.07, 6.45) is 0. The number of hydrogen-bond acceptors (Lipinski definition) is 4. The Bertz CT molecular complexity index is 735. The number of amides is 2. The molecular formula is C21H29N3O3. The van der Waals surface area contributed by atoms with Gasteiger partial charge < -0.3 is 25.0 Å². The van der Waals surface area contributed by atoms with Crippen molar-refractivity contribution in [2.75, 3.05) is 34.9 Å². The zero-order valence-corrected chi connectivity index (χ0v) is 16.7. The normalized spacial score (nSPS) is 13.0. The summed E-state index contributed by atoms with van der Waals surface area (Å²) < 4.78 is 10.7. The summed E-state index contributed by atoms with van der Waals surface area (Å²) in [4.78, 5) is 14.5. The van der Waals surface area contributed by atoms with Gasteiger partial charge in [0, 0.05) is 12.1 Å². The molecule has 2 unspecified atom stereocenters. The third kappa shape index (κ3) is 5.62. The van der Waals surface area contributed by atoms with Gasteiger partial charge in [0.2, 0.25) is 0 Å². The van der Waals surface area contributed by atoms with Gasteiger partial charge in [-0.25, -0.2) is 4.79 Å². The average molecular weight is 371 g/mol. The number of ether oxygens (including phenoxy) is 2. The highest BCUT2D eigenvalue weighted by atomic mass is 16.5. The standard InChI is InChI=1S/C21H29N3O3/c1-15(18-13-17(26-4)11-12-20(18)27-5)23-21(25)22-14-19(24(2)3)16-9-7-6-8-10-16/h6-13,15,19H,14H2,1-5H3,(H2,22,23,25). The molecule has 2 rings (SSSR count). The molecule has 0 heterocycles. The fraction of sp³-hybridized carbons (Fsp3) is 0.381. The quantitative estimate of drug-likeness (QED) is 0.747. The maximum absolute atomic E-state index is 12.4. The Morgan fingerprint density at radius 2 is 1.78 bits per heavy atom. The van der Waals surface area contributed by atoms with Gasteiger partial charge in [-0.15, -0.1) is 0 Å². The zero-order chi connectivity index (χ0) is 19.8. The lowest BCUT2D eigenvalue weighted by Crippen LogP contribution is -2.41. The van der Waals surface area contributed by atoms with Gasteiger partial charge in [-0.05, 0) is 44.8 Å². The summed E-state index contributed by atoms with van der Waals surface area (Å²) >= 11 is 0. The number of nitrogens with zero attached hydrogens (tertiary/aromatic N) is 1. The first-order valence-electron chi connectivity index (χ1n) is 8.94. The van der Waals surface area contributed by atoms with Crippen molar-refractivity contribution < 1.29 is 14.3 Å². The first-order valence-corrected chi connectivity index (χ1v) is 8.94. The van der Waals surface area contributed by atoms with E-state index in [0.29, 0.717) is 12.3 Å². The molecule has 0 radical (unpaired) electrons. The molecule has 2 aromatic rings. The highest BCUT2D eigenvalue weighted by molar-refractivity contribution is 5.74. The van der Waals surface area contributed by atoms with Gasteiger partial charge in [-0.1, -0.05) is 30.3 Å². The SMILES string of the molecule is COc1ccc(OC)c(C(C)NC(=O)NCC(c2ccccc2)N(C)C)c1. The van der Waals surface area contributed by atoms with E-state index < -0.39 is 0 Å². The Hall–Kier alpha value is -2.73. The van der Waals surface area contributed by atoms with Crippen molar-refractivity contribution in [1.29, 1.82) is 0 Å². The van der Waals surface area contributed by atoms with E-state index in [1.807, 2.05) is 57.4 Å². The minimum absolute atomic E-state index is 0.0959. The maximum atomic E-state index is 12.4. The van der Waals surface area contributed by atoms with Gasteiger partial charge in [0.15, 0.2) is 0 Å². The second kappa shape index (κ2) is 9.83. The number of benzene rings is 2. The van der Waals surface area contributed by atoms with E-state index >= 15 is 0 Å². The smallest absolute Gasteiger partial charge is 0.315 e. The number of nitrogens with one attached hydrogen (secondary N) is 2. The van der Waals surface area contributed by atoms with Gasteiger partial charge in [0.05, 0.1) is 26.3 Å². The molecule has 0 bridgehead atoms. The Morgan fingerprint density at radius 1 is 1.07 bits per heavy atom. The van der Waals surface area contributed by atoms with Crippen LogP contribution in [0.5, 0.6) is 11.5 Å². The second-order valence-corrected chi connectivity index (χ2v) is 6.57. The maximum Gasteiger partial charge on any atom is 0.315 e. The van der Waals surface area contributed by atoms with Crippen molar-refractivity contribution >= 4 is 6.03 Å². The van der Waals surface area contributed by atoms with Crippen molar-refractivity contribution in [2.45, 2.75) is 19.0 Å². The van der Waals surface area contributed by atoms with Crippen LogP contribution in [0.1, 0.15) is 30.1 Å². The molecule has 0 aliphatic heterocycles. The summed E-state index contributed by atoms with van der Waals surface area (Å²) in [5, 5.41) is 5.93. The molecule has 0 saturated carbocycles. The third-order valence-electron chi connectivity index (χ3n) is 4.51. The van der Waals surface area contributed by atoms with Gasteiger partial charge in [-0.3, -0.25) is 0 Å². The Balaban J connectivity index is 2.00. The molecule has 2 aromatic carbocycles. The van der Waals surface area contributed by atoms with E-state index in [4.69, 9.17) is 9.47 Å². The fourth-order valence-electron chi connectivity index (χ4n) is 2.97. The molecule has 6 heteroatoms. The first-order chi connectivity index (χ1) is 13.0. The van der Waals surface area contributed by atoms with Crippen molar-refractivity contribution in [3.63, 3.8) is 0 Å². The molecule has 0 aliphatic carbocycles. The highest BCUT2D eigenvalue weighted by Crippen LogP contribution is 2.29. The summed E-state index contributed by atoms with van der Waals surface area (Å²) in [5.74, 6) is 1.43. The van der Waals surface area contributed by atoms with Crippen LogP contribution in [-0.2, 0) is 0 Å². The molecule has 27 heavy (non-hydrogen) atoms. The number of hydrogen-bond donors (Lipinski definition) is 2. The van der Waals surface area contributed by atoms with E-state index in [-0.39, 0.29) is 18.1 Å². The van der Waals surface area contributed by atoms with E-state index in [0.717, 1.165) is 16.9 Å². The van der Waals surface area contributed by atoms with Crippen molar-refractivity contribution in [3.8, 4) is 11.5 Å². The predicted octanol–water partition coefficient (Wildman–Crippen LogP) is 3.37. The van der Waals surface area contributed by atoms with Crippen LogP contribution in [0.3, 0.4) is 0 Å². The van der Waals surface area contributed by atoms with Crippen molar-refractivity contribution in [1.82, 2.24) is 15.5 Å². The minimum atomic E-state index is -0.232. The van der Waals surface area contributed by atoms with Gasteiger partial charge in [0.25, 0.3) is 0 Å². The Morgan fingerprint density at radius 3 is 2.37 bits per heavy atom. The van der Waals surface area contributed by atoms with Crippen molar-refractivity contribution in [2.24, 2.45) is 0 Å². The molecule has 146 valence electrons. The minimum Gasteiger partial charge on any atom is -0.497 e. The van der Waals surface area contributed by atoms with Crippen LogP contribution in [0.2, 0.25) is 0 Å². The number of urea groups is 1. The molecule has 0 spiro atoms. The molecule has 2 atom stereocenters. The lowest BCUT2D eigenvalue weighted by Gasteiger charge is -2.26. The topological polar surface area (TPSA) is 62.8 Å². The molecule has 0 saturated heterocycles. The van der Waals surface area contributed by atoms with E-state index in [1.54, 1.807) is 14.2 Å². The summed E-state index contributed by atoms with van der Waals surface area (Å²) in [7, 11) is 7.23. The molecule has 0 fully saturated rings.